The van der Waals surface area contributed by atoms with Crippen LogP contribution in [0, 0.1) is 0 Å². The molecule has 2 nitrogen and oxygen atoms in total. The van der Waals surface area contributed by atoms with Crippen molar-refractivity contribution in [3.05, 3.63) is 57.0 Å². The Kier molecular flexibility index (Phi) is 4.55. The predicted molar refractivity (Wildman–Crippen MR) is 94.2 cm³/mol. The van der Waals surface area contributed by atoms with E-state index in [0.29, 0.717) is 12.0 Å². The van der Waals surface area contributed by atoms with Crippen LogP contribution in [0.4, 0.5) is 5.69 Å². The normalized spacial score (nSPS) is 20.7. The molecule has 0 heterocycles. The molecule has 21 heavy (non-hydrogen) atoms. The number of halogens is 2. The van der Waals surface area contributed by atoms with Gasteiger partial charge in [-0.15, -0.1) is 0 Å². The maximum Gasteiger partial charge on any atom is 0.119 e. The van der Waals surface area contributed by atoms with Gasteiger partial charge in [-0.25, -0.2) is 0 Å². The molecule has 0 atom stereocenters. The zero-order chi connectivity index (χ0) is 14.8. The van der Waals surface area contributed by atoms with Crippen LogP contribution in [-0.2, 0) is 0 Å². The van der Waals surface area contributed by atoms with Gasteiger partial charge >= 0.3 is 0 Å². The van der Waals surface area contributed by atoms with Crippen LogP contribution in [0.2, 0.25) is 0 Å². The Morgan fingerprint density at radius 2 is 1.90 bits per heavy atom. The van der Waals surface area contributed by atoms with Gasteiger partial charge in [0.05, 0.1) is 7.11 Å². The fourth-order valence-electron chi connectivity index (χ4n) is 2.73. The molecule has 1 saturated carbocycles. The third-order valence-corrected chi connectivity index (χ3v) is 5.18. The number of nitrogens with one attached hydrogen (secondary N) is 1. The number of benzene rings is 2. The van der Waals surface area contributed by atoms with Crippen LogP contribution in [0.15, 0.2) is 51.4 Å². The minimum Gasteiger partial charge on any atom is -0.497 e. The fourth-order valence-corrected chi connectivity index (χ4v) is 3.45. The molecule has 1 aliphatic rings. The number of rotatable bonds is 4. The van der Waals surface area contributed by atoms with Crippen molar-refractivity contribution < 1.29 is 4.74 Å². The summed E-state index contributed by atoms with van der Waals surface area (Å²) in [7, 11) is 1.72. The molecule has 0 radical (unpaired) electrons. The SMILES string of the molecule is COc1cccc(C2CC(Nc3cc(Br)ccc3Br)C2)c1. The zero-order valence-corrected chi connectivity index (χ0v) is 14.9. The van der Waals surface area contributed by atoms with E-state index in [1.165, 1.54) is 5.56 Å². The summed E-state index contributed by atoms with van der Waals surface area (Å²) in [6.07, 6.45) is 2.32. The van der Waals surface area contributed by atoms with Crippen molar-refractivity contribution in [2.45, 2.75) is 24.8 Å². The lowest BCUT2D eigenvalue weighted by molar-refractivity contribution is 0.370. The maximum atomic E-state index is 5.30. The Labute approximate surface area is 142 Å². The van der Waals surface area contributed by atoms with E-state index in [9.17, 15) is 0 Å². The van der Waals surface area contributed by atoms with Crippen LogP contribution in [0.1, 0.15) is 24.3 Å². The van der Waals surface area contributed by atoms with Gasteiger partial charge in [0.15, 0.2) is 0 Å². The second-order valence-corrected chi connectivity index (χ2v) is 7.18. The molecule has 0 unspecified atom stereocenters. The Morgan fingerprint density at radius 1 is 1.10 bits per heavy atom. The van der Waals surface area contributed by atoms with E-state index >= 15 is 0 Å². The molecule has 2 aromatic rings. The summed E-state index contributed by atoms with van der Waals surface area (Å²) in [4.78, 5) is 0. The predicted octanol–water partition coefficient (Wildman–Crippen LogP) is 5.58. The molecule has 0 spiro atoms. The fraction of sp³-hybridized carbons (Fsp3) is 0.294. The van der Waals surface area contributed by atoms with Gasteiger partial charge in [0.1, 0.15) is 5.75 Å². The Bertz CT molecular complexity index is 638. The topological polar surface area (TPSA) is 21.3 Å². The van der Waals surface area contributed by atoms with Crippen molar-refractivity contribution in [2.75, 3.05) is 12.4 Å². The van der Waals surface area contributed by atoms with E-state index in [2.05, 4.69) is 67.5 Å². The molecule has 0 bridgehead atoms. The van der Waals surface area contributed by atoms with Crippen LogP contribution < -0.4 is 10.1 Å². The van der Waals surface area contributed by atoms with Gasteiger partial charge in [-0.1, -0.05) is 28.1 Å². The summed E-state index contributed by atoms with van der Waals surface area (Å²) < 4.78 is 7.50. The largest absolute Gasteiger partial charge is 0.497 e. The van der Waals surface area contributed by atoms with Gasteiger partial charge in [-0.05, 0) is 70.6 Å². The van der Waals surface area contributed by atoms with Crippen LogP contribution in [0.5, 0.6) is 5.75 Å². The van der Waals surface area contributed by atoms with Gasteiger partial charge in [0.2, 0.25) is 0 Å². The highest BCUT2D eigenvalue weighted by Gasteiger charge is 2.30. The standard InChI is InChI=1S/C17H17Br2NO/c1-21-15-4-2-3-11(9-15)12-7-14(8-12)20-17-10-13(18)5-6-16(17)19/h2-6,9-10,12,14,20H,7-8H2,1H3. The number of ether oxygens (including phenoxy) is 1. The number of anilines is 1. The monoisotopic (exact) mass is 409 g/mol. The molecule has 1 N–H and O–H groups in total. The van der Waals surface area contributed by atoms with Crippen LogP contribution in [0.25, 0.3) is 0 Å². The van der Waals surface area contributed by atoms with Crippen molar-refractivity contribution in [1.29, 1.82) is 0 Å². The highest BCUT2D eigenvalue weighted by Crippen LogP contribution is 2.40. The molecule has 0 saturated heterocycles. The molecule has 3 rings (SSSR count). The molecule has 1 aliphatic carbocycles. The van der Waals surface area contributed by atoms with Gasteiger partial charge in [-0.3, -0.25) is 0 Å². The van der Waals surface area contributed by atoms with E-state index in [-0.39, 0.29) is 0 Å². The van der Waals surface area contributed by atoms with Crippen molar-refractivity contribution >= 4 is 37.5 Å². The lowest BCUT2D eigenvalue weighted by Gasteiger charge is -2.37. The second-order valence-electron chi connectivity index (χ2n) is 5.41. The maximum absolute atomic E-state index is 5.30. The van der Waals surface area contributed by atoms with Crippen LogP contribution in [-0.4, -0.2) is 13.2 Å². The molecule has 1 fully saturated rings. The zero-order valence-electron chi connectivity index (χ0n) is 11.8. The minimum absolute atomic E-state index is 0.534. The summed E-state index contributed by atoms with van der Waals surface area (Å²) in [5, 5.41) is 3.61. The summed E-state index contributed by atoms with van der Waals surface area (Å²) in [6.45, 7) is 0. The van der Waals surface area contributed by atoms with E-state index in [1.54, 1.807) is 7.11 Å². The first-order valence-electron chi connectivity index (χ1n) is 7.01. The quantitative estimate of drug-likeness (QED) is 0.710. The number of methoxy groups -OCH3 is 1. The Balaban J connectivity index is 1.61. The summed E-state index contributed by atoms with van der Waals surface area (Å²) in [5.41, 5.74) is 2.53. The van der Waals surface area contributed by atoms with Gasteiger partial charge in [0.25, 0.3) is 0 Å². The summed E-state index contributed by atoms with van der Waals surface area (Å²) >= 11 is 7.11. The van der Waals surface area contributed by atoms with E-state index in [1.807, 2.05) is 12.1 Å². The van der Waals surface area contributed by atoms with Crippen molar-refractivity contribution in [3.63, 3.8) is 0 Å². The van der Waals surface area contributed by atoms with Gasteiger partial charge < -0.3 is 10.1 Å². The molecule has 2 aromatic carbocycles. The number of hydrogen-bond donors (Lipinski definition) is 1. The summed E-state index contributed by atoms with van der Waals surface area (Å²) in [6, 6.07) is 15.2. The van der Waals surface area contributed by atoms with E-state index in [4.69, 9.17) is 4.74 Å². The molecule has 110 valence electrons. The molecule has 0 amide bonds. The van der Waals surface area contributed by atoms with Crippen molar-refractivity contribution in [2.24, 2.45) is 0 Å². The highest BCUT2D eigenvalue weighted by molar-refractivity contribution is 9.11. The summed E-state index contributed by atoms with van der Waals surface area (Å²) in [5.74, 6) is 1.57. The molecule has 4 heteroatoms. The second kappa shape index (κ2) is 6.41. The Morgan fingerprint density at radius 3 is 2.67 bits per heavy atom. The third-order valence-electron chi connectivity index (χ3n) is 3.99. The Hall–Kier alpha value is -1.000. The van der Waals surface area contributed by atoms with Crippen molar-refractivity contribution in [3.8, 4) is 5.75 Å². The van der Waals surface area contributed by atoms with Gasteiger partial charge in [-0.2, -0.15) is 0 Å². The third kappa shape index (κ3) is 3.43. The highest BCUT2D eigenvalue weighted by atomic mass is 79.9. The molecular formula is C17H17Br2NO. The lowest BCUT2D eigenvalue weighted by atomic mass is 9.76. The first-order chi connectivity index (χ1) is 10.2. The molecule has 0 aliphatic heterocycles. The van der Waals surface area contributed by atoms with Crippen molar-refractivity contribution in [1.82, 2.24) is 0 Å². The van der Waals surface area contributed by atoms with Gasteiger partial charge in [0, 0.05) is 20.7 Å². The van der Waals surface area contributed by atoms with E-state index in [0.717, 1.165) is 33.2 Å². The average molecular weight is 411 g/mol. The average Bonchev–Trinajstić information content (AvgIpc) is 2.46. The number of hydrogen-bond acceptors (Lipinski definition) is 2. The first kappa shape index (κ1) is 14.9. The minimum atomic E-state index is 0.534. The van der Waals surface area contributed by atoms with Crippen LogP contribution in [0.3, 0.4) is 0 Å². The molecular weight excluding hydrogens is 394 g/mol. The molecule has 0 aromatic heterocycles. The smallest absolute Gasteiger partial charge is 0.119 e. The first-order valence-corrected chi connectivity index (χ1v) is 8.60. The van der Waals surface area contributed by atoms with Crippen LogP contribution >= 0.6 is 31.9 Å². The van der Waals surface area contributed by atoms with E-state index < -0.39 is 0 Å². The lowest BCUT2D eigenvalue weighted by Crippen LogP contribution is -2.34.